The van der Waals surface area contributed by atoms with Crippen LogP contribution in [-0.4, -0.2) is 41.2 Å². The largest absolute Gasteiger partial charge is 0.393 e. The van der Waals surface area contributed by atoms with Gasteiger partial charge in [0.25, 0.3) is 0 Å². The molecule has 6 nitrogen and oxygen atoms in total. The number of aliphatic hydroxyl groups is 1. The number of carbonyl (C=O) groups excluding carboxylic acids is 2. The summed E-state index contributed by atoms with van der Waals surface area (Å²) in [6.45, 7) is 0. The average molecular weight is 573 g/mol. The molecule has 0 aromatic heterocycles. The van der Waals surface area contributed by atoms with Gasteiger partial charge in [0.15, 0.2) is 0 Å². The highest BCUT2D eigenvalue weighted by Gasteiger charge is 2.65. The number of aliphatic hydroxyl groups excluding tert-OH is 1. The van der Waals surface area contributed by atoms with Crippen molar-refractivity contribution in [1.29, 1.82) is 0 Å². The van der Waals surface area contributed by atoms with E-state index >= 15 is 4.39 Å². The average Bonchev–Trinajstić information content (AvgIpc) is 3.61. The van der Waals surface area contributed by atoms with Crippen molar-refractivity contribution in [3.05, 3.63) is 75.0 Å². The van der Waals surface area contributed by atoms with Gasteiger partial charge in [-0.15, -0.1) is 0 Å². The van der Waals surface area contributed by atoms with E-state index in [9.17, 15) is 14.7 Å². The van der Waals surface area contributed by atoms with E-state index in [1.807, 2.05) is 6.07 Å². The molecule has 4 N–H and O–H groups in total. The van der Waals surface area contributed by atoms with Crippen LogP contribution in [0, 0.1) is 5.82 Å². The molecule has 2 aromatic rings. The topological polar surface area (TPSA) is 90.5 Å². The Bertz CT molecular complexity index is 1330. The Balaban J connectivity index is 1.51. The molecular weight excluding hydrogens is 540 g/mol. The Morgan fingerprint density at radius 2 is 1.85 bits per heavy atom. The van der Waals surface area contributed by atoms with Gasteiger partial charge in [0.2, 0.25) is 11.8 Å². The lowest BCUT2D eigenvalue weighted by molar-refractivity contribution is -0.124. The molecule has 2 amide bonds. The van der Waals surface area contributed by atoms with Crippen LogP contribution in [0.5, 0.6) is 0 Å². The molecule has 1 saturated heterocycles. The number of halogens is 3. The maximum atomic E-state index is 15.8. The Kier molecular flexibility index (Phi) is 7.21. The summed E-state index contributed by atoms with van der Waals surface area (Å²) in [6, 6.07) is 8.45. The monoisotopic (exact) mass is 571 g/mol. The lowest BCUT2D eigenvalue weighted by Gasteiger charge is -2.35. The second-order valence-corrected chi connectivity index (χ2v) is 12.1. The van der Waals surface area contributed by atoms with E-state index in [0.29, 0.717) is 42.0 Å². The Hall–Kier alpha value is -2.45. The van der Waals surface area contributed by atoms with Crippen LogP contribution in [0.15, 0.2) is 48.0 Å². The number of nitrogens with one attached hydrogen (secondary N) is 3. The summed E-state index contributed by atoms with van der Waals surface area (Å²) in [5, 5.41) is 20.0. The molecule has 0 bridgehead atoms. The van der Waals surface area contributed by atoms with Crippen molar-refractivity contribution in [2.24, 2.45) is 0 Å². The van der Waals surface area contributed by atoms with E-state index in [0.717, 1.165) is 25.7 Å². The van der Waals surface area contributed by atoms with Gasteiger partial charge in [-0.3, -0.25) is 14.9 Å². The molecule has 2 aliphatic carbocycles. The zero-order chi connectivity index (χ0) is 27.3. The van der Waals surface area contributed by atoms with Crippen LogP contribution >= 0.6 is 23.2 Å². The molecule has 2 aliphatic heterocycles. The van der Waals surface area contributed by atoms with E-state index in [2.05, 4.69) is 22.0 Å². The molecule has 2 heterocycles. The van der Waals surface area contributed by atoms with Gasteiger partial charge in [-0.25, -0.2) is 4.39 Å². The summed E-state index contributed by atoms with van der Waals surface area (Å²) in [5.41, 5.74) is 1.41. The summed E-state index contributed by atoms with van der Waals surface area (Å²) in [5.74, 6) is -2.10. The fraction of sp³-hybridized carbons (Fsp3) is 0.467. The number of hydrogen-bond donors (Lipinski definition) is 4. The number of benzene rings is 2. The fourth-order valence-electron chi connectivity index (χ4n) is 7.16. The van der Waals surface area contributed by atoms with E-state index in [-0.39, 0.29) is 34.5 Å². The fourth-order valence-corrected chi connectivity index (χ4v) is 7.51. The van der Waals surface area contributed by atoms with E-state index in [4.69, 9.17) is 23.2 Å². The molecular formula is C30H32Cl2FN3O3. The molecule has 4 atom stereocenters. The summed E-state index contributed by atoms with van der Waals surface area (Å²) < 4.78 is 15.8. The highest BCUT2D eigenvalue weighted by molar-refractivity contribution is 6.31. The SMILES string of the molecule is O=C(NC1CCC(O)CC1)C1NC(C=C2CCCC2)C2(C(=O)Nc3cc(Cl)ccc32)C1c1cccc(Cl)c1F. The smallest absolute Gasteiger partial charge is 0.238 e. The first-order chi connectivity index (χ1) is 18.8. The van der Waals surface area contributed by atoms with E-state index in [1.54, 1.807) is 24.3 Å². The lowest BCUT2D eigenvalue weighted by atomic mass is 9.64. The predicted molar refractivity (Wildman–Crippen MR) is 150 cm³/mol. The van der Waals surface area contributed by atoms with Crippen LogP contribution in [0.2, 0.25) is 10.0 Å². The molecule has 6 rings (SSSR count). The van der Waals surface area contributed by atoms with Crippen LogP contribution in [0.1, 0.15) is 68.4 Å². The molecule has 9 heteroatoms. The van der Waals surface area contributed by atoms with Gasteiger partial charge in [0.1, 0.15) is 11.2 Å². The van der Waals surface area contributed by atoms with Crippen molar-refractivity contribution in [2.45, 2.75) is 86.9 Å². The minimum Gasteiger partial charge on any atom is -0.393 e. The molecule has 2 saturated carbocycles. The number of anilines is 1. The van der Waals surface area contributed by atoms with Gasteiger partial charge in [0, 0.05) is 28.7 Å². The Morgan fingerprint density at radius 3 is 2.59 bits per heavy atom. The highest BCUT2D eigenvalue weighted by Crippen LogP contribution is 2.56. The maximum absolute atomic E-state index is 15.8. The summed E-state index contributed by atoms with van der Waals surface area (Å²) in [4.78, 5) is 28.2. The number of carbonyl (C=O) groups is 2. The first-order valence-corrected chi connectivity index (χ1v) is 14.5. The van der Waals surface area contributed by atoms with Gasteiger partial charge in [0.05, 0.1) is 17.2 Å². The normalized spacial score (nSPS) is 31.8. The molecule has 2 aromatic carbocycles. The van der Waals surface area contributed by atoms with Gasteiger partial charge in [-0.05, 0) is 80.7 Å². The van der Waals surface area contributed by atoms with Crippen LogP contribution in [-0.2, 0) is 15.0 Å². The molecule has 3 fully saturated rings. The highest BCUT2D eigenvalue weighted by atomic mass is 35.5. The van der Waals surface area contributed by atoms with Crippen molar-refractivity contribution in [3.8, 4) is 0 Å². The van der Waals surface area contributed by atoms with Crippen LogP contribution < -0.4 is 16.0 Å². The number of allylic oxidation sites excluding steroid dienone is 1. The van der Waals surface area contributed by atoms with Crippen molar-refractivity contribution < 1.29 is 19.1 Å². The van der Waals surface area contributed by atoms with Crippen LogP contribution in [0.25, 0.3) is 0 Å². The van der Waals surface area contributed by atoms with Crippen LogP contribution in [0.4, 0.5) is 10.1 Å². The van der Waals surface area contributed by atoms with Crippen molar-refractivity contribution in [2.75, 3.05) is 5.32 Å². The van der Waals surface area contributed by atoms with Crippen molar-refractivity contribution in [1.82, 2.24) is 10.6 Å². The van der Waals surface area contributed by atoms with E-state index in [1.165, 1.54) is 11.6 Å². The second-order valence-electron chi connectivity index (χ2n) is 11.3. The van der Waals surface area contributed by atoms with Gasteiger partial charge < -0.3 is 15.7 Å². The van der Waals surface area contributed by atoms with Gasteiger partial charge in [-0.2, -0.15) is 0 Å². The first-order valence-electron chi connectivity index (χ1n) is 13.8. The molecule has 0 radical (unpaired) electrons. The Morgan fingerprint density at radius 1 is 1.10 bits per heavy atom. The van der Waals surface area contributed by atoms with Gasteiger partial charge >= 0.3 is 0 Å². The first kappa shape index (κ1) is 26.8. The maximum Gasteiger partial charge on any atom is 0.238 e. The lowest BCUT2D eigenvalue weighted by Crippen LogP contribution is -2.49. The molecule has 1 spiro atoms. The summed E-state index contributed by atoms with van der Waals surface area (Å²) >= 11 is 12.6. The van der Waals surface area contributed by atoms with Gasteiger partial charge in [-0.1, -0.05) is 53.1 Å². The zero-order valence-corrected chi connectivity index (χ0v) is 23.0. The third-order valence-corrected chi connectivity index (χ3v) is 9.54. The molecule has 4 aliphatic rings. The number of hydrogen-bond acceptors (Lipinski definition) is 4. The number of amides is 2. The summed E-state index contributed by atoms with van der Waals surface area (Å²) in [6.07, 6.45) is 8.31. The minimum absolute atomic E-state index is 0.0598. The third kappa shape index (κ3) is 4.57. The number of fused-ring (bicyclic) bond motifs is 2. The molecule has 4 unspecified atom stereocenters. The third-order valence-electron chi connectivity index (χ3n) is 9.02. The summed E-state index contributed by atoms with van der Waals surface area (Å²) in [7, 11) is 0. The standard InChI is InChI=1S/C30H32Cl2FN3O3/c31-17-8-13-21-23(15-17)35-29(39)30(21)24(14-16-4-1-2-5-16)36-27(25(30)20-6-3-7-22(32)26(20)33)28(38)34-18-9-11-19(37)12-10-18/h3,6-8,13-15,18-19,24-25,27,36-37H,1-2,4-5,9-12H2,(H,34,38)(H,35,39). The zero-order valence-electron chi connectivity index (χ0n) is 21.5. The predicted octanol–water partition coefficient (Wildman–Crippen LogP) is 5.37. The minimum atomic E-state index is -1.30. The molecule has 206 valence electrons. The number of rotatable bonds is 4. The van der Waals surface area contributed by atoms with Crippen molar-refractivity contribution in [3.63, 3.8) is 0 Å². The molecule has 39 heavy (non-hydrogen) atoms. The second kappa shape index (κ2) is 10.5. The van der Waals surface area contributed by atoms with Crippen molar-refractivity contribution >= 4 is 40.7 Å². The van der Waals surface area contributed by atoms with E-state index < -0.39 is 29.2 Å². The van der Waals surface area contributed by atoms with Crippen LogP contribution in [0.3, 0.4) is 0 Å². The quantitative estimate of drug-likeness (QED) is 0.371. The Labute approximate surface area is 237 Å².